The SMILES string of the molecule is COc1ccc(CNC(=O)c2cc([N+](=O)[O-])ccc2NC2CCC(C(=O)N(OC)OC)CC2)cc1OC. The normalized spacial score (nSPS) is 17.0. The molecule has 0 heterocycles. The maximum Gasteiger partial charge on any atom is 0.276 e. The summed E-state index contributed by atoms with van der Waals surface area (Å²) in [5.74, 6) is 0.158. The second kappa shape index (κ2) is 12.9. The molecule has 2 aromatic rings. The lowest BCUT2D eigenvalue weighted by Gasteiger charge is -2.31. The van der Waals surface area contributed by atoms with E-state index in [1.165, 1.54) is 46.6 Å². The highest BCUT2D eigenvalue weighted by molar-refractivity contribution is 6.00. The summed E-state index contributed by atoms with van der Waals surface area (Å²) in [6.45, 7) is 0.185. The van der Waals surface area contributed by atoms with Crippen LogP contribution in [0.5, 0.6) is 11.5 Å². The summed E-state index contributed by atoms with van der Waals surface area (Å²) in [5.41, 5.74) is 1.24. The van der Waals surface area contributed by atoms with Crippen LogP contribution in [0.2, 0.25) is 0 Å². The van der Waals surface area contributed by atoms with E-state index in [9.17, 15) is 19.7 Å². The third kappa shape index (κ3) is 6.86. The molecule has 1 fully saturated rings. The smallest absolute Gasteiger partial charge is 0.276 e. The van der Waals surface area contributed by atoms with E-state index in [-0.39, 0.29) is 35.7 Å². The molecule has 0 aliphatic heterocycles. The lowest BCUT2D eigenvalue weighted by Crippen LogP contribution is -2.38. The molecule has 0 aromatic heterocycles. The Bertz CT molecular complexity index is 1110. The van der Waals surface area contributed by atoms with E-state index < -0.39 is 10.8 Å². The van der Waals surface area contributed by atoms with Crippen LogP contribution in [-0.2, 0) is 21.0 Å². The molecule has 0 bridgehead atoms. The monoisotopic (exact) mass is 516 g/mol. The molecule has 0 saturated heterocycles. The van der Waals surface area contributed by atoms with Crippen molar-refractivity contribution in [2.24, 2.45) is 5.92 Å². The van der Waals surface area contributed by atoms with Crippen LogP contribution in [0.15, 0.2) is 36.4 Å². The van der Waals surface area contributed by atoms with E-state index in [0.29, 0.717) is 42.9 Å². The summed E-state index contributed by atoms with van der Waals surface area (Å²) >= 11 is 0. The van der Waals surface area contributed by atoms with Crippen molar-refractivity contribution in [1.82, 2.24) is 10.5 Å². The number of carbonyl (C=O) groups excluding carboxylic acids is 2. The molecule has 0 radical (unpaired) electrons. The van der Waals surface area contributed by atoms with Gasteiger partial charge in [0.15, 0.2) is 11.5 Å². The van der Waals surface area contributed by atoms with Gasteiger partial charge in [0.1, 0.15) is 0 Å². The van der Waals surface area contributed by atoms with Crippen LogP contribution >= 0.6 is 0 Å². The first-order valence-electron chi connectivity index (χ1n) is 11.8. The maximum atomic E-state index is 13.1. The number of hydroxylamine groups is 2. The molecule has 1 aliphatic carbocycles. The Balaban J connectivity index is 1.70. The number of ether oxygens (including phenoxy) is 2. The van der Waals surface area contributed by atoms with E-state index in [2.05, 4.69) is 10.6 Å². The van der Waals surface area contributed by atoms with Gasteiger partial charge in [-0.2, -0.15) is 0 Å². The highest BCUT2D eigenvalue weighted by atomic mass is 16.9. The molecule has 2 amide bonds. The second-order valence-electron chi connectivity index (χ2n) is 8.51. The zero-order valence-corrected chi connectivity index (χ0v) is 21.3. The van der Waals surface area contributed by atoms with Crippen LogP contribution in [-0.4, -0.2) is 56.4 Å². The van der Waals surface area contributed by atoms with Crippen LogP contribution in [0.25, 0.3) is 0 Å². The summed E-state index contributed by atoms with van der Waals surface area (Å²) in [4.78, 5) is 46.2. The Morgan fingerprint density at radius 2 is 1.65 bits per heavy atom. The molecular weight excluding hydrogens is 484 g/mol. The third-order valence-corrected chi connectivity index (χ3v) is 6.31. The molecule has 2 N–H and O–H groups in total. The largest absolute Gasteiger partial charge is 0.493 e. The summed E-state index contributed by atoms with van der Waals surface area (Å²) in [7, 11) is 5.78. The van der Waals surface area contributed by atoms with E-state index in [1.807, 2.05) is 0 Å². The fourth-order valence-corrected chi connectivity index (χ4v) is 4.34. The van der Waals surface area contributed by atoms with Gasteiger partial charge in [-0.1, -0.05) is 11.3 Å². The quantitative estimate of drug-likeness (QED) is 0.339. The Morgan fingerprint density at radius 3 is 2.24 bits per heavy atom. The van der Waals surface area contributed by atoms with Crippen LogP contribution < -0.4 is 20.1 Å². The summed E-state index contributed by atoms with van der Waals surface area (Å²) in [5, 5.41) is 18.4. The van der Waals surface area contributed by atoms with E-state index in [1.54, 1.807) is 18.2 Å². The van der Waals surface area contributed by atoms with Gasteiger partial charge in [-0.15, -0.1) is 0 Å². The summed E-state index contributed by atoms with van der Waals surface area (Å²) < 4.78 is 10.5. The molecule has 1 aliphatic rings. The molecule has 12 heteroatoms. The third-order valence-electron chi connectivity index (χ3n) is 6.31. The molecule has 37 heavy (non-hydrogen) atoms. The van der Waals surface area contributed by atoms with Gasteiger partial charge in [0.25, 0.3) is 17.5 Å². The minimum Gasteiger partial charge on any atom is -0.493 e. The molecule has 0 spiro atoms. The molecule has 3 rings (SSSR count). The Hall–Kier alpha value is -3.90. The topological polar surface area (TPSA) is 141 Å². The van der Waals surface area contributed by atoms with Crippen molar-refractivity contribution < 1.29 is 33.7 Å². The molecule has 12 nitrogen and oxygen atoms in total. The highest BCUT2D eigenvalue weighted by Gasteiger charge is 2.31. The minimum atomic E-state index is -0.539. The van der Waals surface area contributed by atoms with Crippen molar-refractivity contribution in [3.8, 4) is 11.5 Å². The average Bonchev–Trinajstić information content (AvgIpc) is 2.92. The molecule has 0 unspecified atom stereocenters. The van der Waals surface area contributed by atoms with Gasteiger partial charge < -0.3 is 20.1 Å². The number of amides is 2. The number of carbonyl (C=O) groups is 2. The molecule has 200 valence electrons. The van der Waals surface area contributed by atoms with Gasteiger partial charge in [-0.05, 0) is 49.4 Å². The van der Waals surface area contributed by atoms with Gasteiger partial charge in [0.05, 0.1) is 38.9 Å². The fourth-order valence-electron chi connectivity index (χ4n) is 4.34. The zero-order chi connectivity index (χ0) is 26.9. The van der Waals surface area contributed by atoms with Crippen molar-refractivity contribution in [1.29, 1.82) is 0 Å². The molecule has 1 saturated carbocycles. The van der Waals surface area contributed by atoms with Gasteiger partial charge in [-0.3, -0.25) is 19.7 Å². The lowest BCUT2D eigenvalue weighted by atomic mass is 9.85. The highest BCUT2D eigenvalue weighted by Crippen LogP contribution is 2.31. The van der Waals surface area contributed by atoms with Crippen LogP contribution in [0, 0.1) is 16.0 Å². The second-order valence-corrected chi connectivity index (χ2v) is 8.51. The van der Waals surface area contributed by atoms with Crippen molar-refractivity contribution >= 4 is 23.2 Å². The Labute approximate surface area is 214 Å². The van der Waals surface area contributed by atoms with E-state index in [4.69, 9.17) is 19.1 Å². The number of nitrogens with zero attached hydrogens (tertiary/aromatic N) is 2. The Kier molecular flexibility index (Phi) is 9.64. The Morgan fingerprint density at radius 1 is 0.973 bits per heavy atom. The predicted molar refractivity (Wildman–Crippen MR) is 134 cm³/mol. The number of hydrogen-bond donors (Lipinski definition) is 2. The summed E-state index contributed by atoms with van der Waals surface area (Å²) in [6.07, 6.45) is 2.55. The van der Waals surface area contributed by atoms with Crippen molar-refractivity contribution in [2.45, 2.75) is 38.3 Å². The number of hydrogen-bond acceptors (Lipinski definition) is 9. The van der Waals surface area contributed by atoms with Crippen molar-refractivity contribution in [3.63, 3.8) is 0 Å². The number of methoxy groups -OCH3 is 2. The fraction of sp³-hybridized carbons (Fsp3) is 0.440. The number of nitro benzene ring substituents is 1. The van der Waals surface area contributed by atoms with Gasteiger partial charge in [0.2, 0.25) is 0 Å². The number of anilines is 1. The van der Waals surface area contributed by atoms with Crippen LogP contribution in [0.3, 0.4) is 0 Å². The van der Waals surface area contributed by atoms with Crippen LogP contribution in [0.1, 0.15) is 41.6 Å². The van der Waals surface area contributed by atoms with Crippen LogP contribution in [0.4, 0.5) is 11.4 Å². The first-order valence-corrected chi connectivity index (χ1v) is 11.8. The molecule has 2 aromatic carbocycles. The minimum absolute atomic E-state index is 0.0126. The lowest BCUT2D eigenvalue weighted by molar-refractivity contribution is -0.384. The summed E-state index contributed by atoms with van der Waals surface area (Å²) in [6, 6.07) is 9.43. The average molecular weight is 517 g/mol. The predicted octanol–water partition coefficient (Wildman–Crippen LogP) is 3.46. The van der Waals surface area contributed by atoms with E-state index in [0.717, 1.165) is 10.8 Å². The molecule has 0 atom stereocenters. The number of nitro groups is 1. The van der Waals surface area contributed by atoms with Gasteiger partial charge in [0, 0.05) is 36.3 Å². The number of nitrogens with one attached hydrogen (secondary N) is 2. The maximum absolute atomic E-state index is 13.1. The van der Waals surface area contributed by atoms with Crippen molar-refractivity contribution in [2.75, 3.05) is 33.8 Å². The zero-order valence-electron chi connectivity index (χ0n) is 21.3. The first kappa shape index (κ1) is 27.7. The number of non-ortho nitro benzene ring substituents is 1. The number of rotatable bonds is 11. The van der Waals surface area contributed by atoms with Gasteiger partial charge in [-0.25, -0.2) is 9.68 Å². The number of benzene rings is 2. The molecular formula is C25H32N4O8. The van der Waals surface area contributed by atoms with E-state index >= 15 is 0 Å². The standard InChI is InChI=1S/C25H32N4O8/c1-34-22-12-5-16(13-23(22)35-2)15-26-24(30)20-14-19(28(32)33)10-11-21(20)27-18-8-6-17(7-9-18)25(31)29(36-3)37-4/h5,10-14,17-18,27H,6-9,15H2,1-4H3,(H,26,30). The first-order chi connectivity index (χ1) is 17.8. The van der Waals surface area contributed by atoms with Gasteiger partial charge >= 0.3 is 0 Å². The van der Waals surface area contributed by atoms with Crippen molar-refractivity contribution in [3.05, 3.63) is 57.6 Å².